The van der Waals surface area contributed by atoms with Crippen molar-refractivity contribution in [1.82, 2.24) is 4.90 Å². The molecule has 124 valence electrons. The van der Waals surface area contributed by atoms with E-state index in [2.05, 4.69) is 0 Å². The number of hydrogen-bond acceptors (Lipinski definition) is 4. The van der Waals surface area contributed by atoms with E-state index in [1.165, 1.54) is 4.90 Å². The van der Waals surface area contributed by atoms with Gasteiger partial charge in [0.05, 0.1) is 6.04 Å². The van der Waals surface area contributed by atoms with Gasteiger partial charge in [-0.05, 0) is 52.9 Å². The second kappa shape index (κ2) is 8.54. The lowest BCUT2D eigenvalue weighted by Crippen LogP contribution is -2.40. The number of carbonyl (C=O) groups is 1. The van der Waals surface area contributed by atoms with E-state index in [0.717, 1.165) is 38.7 Å². The summed E-state index contributed by atoms with van der Waals surface area (Å²) in [5, 5.41) is 8.69. The molecule has 2 heterocycles. The average molecular weight is 305 g/mol. The molecule has 5 nitrogen and oxygen atoms in total. The van der Waals surface area contributed by atoms with Gasteiger partial charge in [0.15, 0.2) is 6.29 Å². The molecule has 1 N–H and O–H groups in total. The summed E-state index contributed by atoms with van der Waals surface area (Å²) < 4.78 is 22.5. The zero-order chi connectivity index (χ0) is 15.9. The third kappa shape index (κ3) is 7.09. The van der Waals surface area contributed by atoms with Gasteiger partial charge in [-0.2, -0.15) is 0 Å². The van der Waals surface area contributed by atoms with E-state index >= 15 is 0 Å². The smallest absolute Gasteiger partial charge is 0.410 e. The van der Waals surface area contributed by atoms with Crippen molar-refractivity contribution in [2.75, 3.05) is 19.8 Å². The van der Waals surface area contributed by atoms with E-state index in [1.807, 2.05) is 20.8 Å². The highest BCUT2D eigenvalue weighted by Crippen LogP contribution is 2.20. The fraction of sp³-hybridized carbons (Fsp3) is 0.933. The lowest BCUT2D eigenvalue weighted by atomic mass is 10.2. The van der Waals surface area contributed by atoms with Gasteiger partial charge >= 0.3 is 6.09 Å². The van der Waals surface area contributed by atoms with Crippen LogP contribution in [0.1, 0.15) is 52.9 Å². The van der Waals surface area contributed by atoms with Crippen molar-refractivity contribution in [2.24, 2.45) is 0 Å². The second-order valence-electron chi connectivity index (χ2n) is 6.45. The van der Waals surface area contributed by atoms with Crippen molar-refractivity contribution in [1.29, 1.82) is 0 Å². The Morgan fingerprint density at radius 2 is 2.05 bits per heavy atom. The zero-order valence-electron chi connectivity index (χ0n) is 13.3. The van der Waals surface area contributed by atoms with Crippen LogP contribution in [-0.2, 0) is 9.47 Å². The predicted molar refractivity (Wildman–Crippen MR) is 77.7 cm³/mol. The van der Waals surface area contributed by atoms with Gasteiger partial charge in [-0.25, -0.2) is 9.18 Å². The molecule has 0 aromatic heterocycles. The third-order valence-corrected chi connectivity index (χ3v) is 3.34. The Bertz CT molecular complexity index is 313. The van der Waals surface area contributed by atoms with Gasteiger partial charge in [0.1, 0.15) is 12.3 Å². The van der Waals surface area contributed by atoms with Crippen molar-refractivity contribution in [3.63, 3.8) is 0 Å². The summed E-state index contributed by atoms with van der Waals surface area (Å²) >= 11 is 0. The molecule has 2 aliphatic rings. The van der Waals surface area contributed by atoms with Crippen LogP contribution in [0, 0.1) is 0 Å². The maximum Gasteiger partial charge on any atom is 0.410 e. The summed E-state index contributed by atoms with van der Waals surface area (Å²) in [6, 6.07) is -0.273. The van der Waals surface area contributed by atoms with Gasteiger partial charge in [0, 0.05) is 13.2 Å². The van der Waals surface area contributed by atoms with Crippen molar-refractivity contribution in [2.45, 2.75) is 70.8 Å². The Labute approximate surface area is 126 Å². The van der Waals surface area contributed by atoms with Crippen LogP contribution >= 0.6 is 0 Å². The van der Waals surface area contributed by atoms with Crippen LogP contribution in [0.3, 0.4) is 0 Å². The molecule has 6 heteroatoms. The fourth-order valence-corrected chi connectivity index (χ4v) is 2.28. The van der Waals surface area contributed by atoms with Gasteiger partial charge in [-0.3, -0.25) is 0 Å². The Morgan fingerprint density at radius 3 is 2.48 bits per heavy atom. The molecule has 0 bridgehead atoms. The normalized spacial score (nSPS) is 26.0. The number of aliphatic hydroxyl groups is 1. The summed E-state index contributed by atoms with van der Waals surface area (Å²) in [5.74, 6) is 0. The molecule has 21 heavy (non-hydrogen) atoms. The van der Waals surface area contributed by atoms with Crippen molar-refractivity contribution < 1.29 is 23.8 Å². The summed E-state index contributed by atoms with van der Waals surface area (Å²) in [4.78, 5) is 13.1. The first kappa shape index (κ1) is 18.2. The maximum absolute atomic E-state index is 12.5. The van der Waals surface area contributed by atoms with Crippen LogP contribution in [0.2, 0.25) is 0 Å². The molecular formula is C15H28FNO4. The van der Waals surface area contributed by atoms with Crippen LogP contribution in [0.15, 0.2) is 0 Å². The molecule has 2 saturated heterocycles. The van der Waals surface area contributed by atoms with E-state index in [1.54, 1.807) is 0 Å². The van der Waals surface area contributed by atoms with Crippen LogP contribution in [0.25, 0.3) is 0 Å². The number of likely N-dealkylation sites (tertiary alicyclic amines) is 1. The van der Waals surface area contributed by atoms with E-state index in [0.29, 0.717) is 6.54 Å². The van der Waals surface area contributed by atoms with Crippen molar-refractivity contribution in [3.05, 3.63) is 0 Å². The Hall–Kier alpha value is -0.880. The number of ether oxygens (including phenoxy) is 2. The van der Waals surface area contributed by atoms with E-state index in [-0.39, 0.29) is 6.04 Å². The number of amides is 1. The zero-order valence-corrected chi connectivity index (χ0v) is 13.3. The lowest BCUT2D eigenvalue weighted by Gasteiger charge is -2.27. The standard InChI is InChI=1S/C10H18FNO2.C5H10O2/c1-10(2,3)14-9(13)12-6-4-5-8(12)7-11;6-5-3-1-2-4-7-5/h8H,4-7H2,1-3H3;5-6H,1-4H2. The molecule has 2 atom stereocenters. The molecule has 2 fully saturated rings. The summed E-state index contributed by atoms with van der Waals surface area (Å²) in [5.41, 5.74) is -0.499. The Balaban J connectivity index is 0.000000262. The number of aliphatic hydroxyl groups excluding tert-OH is 1. The molecule has 0 spiro atoms. The SMILES string of the molecule is CC(C)(C)OC(=O)N1CCCC1CF.OC1CCCCO1. The van der Waals surface area contributed by atoms with Gasteiger partial charge in [-0.1, -0.05) is 0 Å². The predicted octanol–water partition coefficient (Wildman–Crippen LogP) is 2.86. The number of nitrogens with zero attached hydrogens (tertiary/aromatic N) is 1. The maximum atomic E-state index is 12.5. The average Bonchev–Trinajstić information content (AvgIpc) is 2.86. The van der Waals surface area contributed by atoms with E-state index in [4.69, 9.17) is 14.6 Å². The fourth-order valence-electron chi connectivity index (χ4n) is 2.28. The minimum atomic E-state index is -0.499. The van der Waals surface area contributed by atoms with Crippen LogP contribution < -0.4 is 0 Å². The number of hydrogen-bond donors (Lipinski definition) is 1. The minimum Gasteiger partial charge on any atom is -0.444 e. The highest BCUT2D eigenvalue weighted by Gasteiger charge is 2.31. The van der Waals surface area contributed by atoms with Crippen LogP contribution in [0.4, 0.5) is 9.18 Å². The molecule has 0 aliphatic carbocycles. The monoisotopic (exact) mass is 305 g/mol. The molecule has 0 saturated carbocycles. The first-order chi connectivity index (χ1) is 9.83. The number of alkyl halides is 1. The van der Waals surface area contributed by atoms with E-state index in [9.17, 15) is 9.18 Å². The first-order valence-corrected chi connectivity index (χ1v) is 7.68. The Kier molecular flexibility index (Phi) is 7.39. The molecule has 2 unspecified atom stereocenters. The largest absolute Gasteiger partial charge is 0.444 e. The number of rotatable bonds is 1. The lowest BCUT2D eigenvalue weighted by molar-refractivity contribution is -0.123. The summed E-state index contributed by atoms with van der Waals surface area (Å²) in [6.45, 7) is 6.31. The van der Waals surface area contributed by atoms with E-state index < -0.39 is 24.7 Å². The van der Waals surface area contributed by atoms with Gasteiger partial charge < -0.3 is 19.5 Å². The van der Waals surface area contributed by atoms with Gasteiger partial charge in [-0.15, -0.1) is 0 Å². The number of halogens is 1. The van der Waals surface area contributed by atoms with Crippen molar-refractivity contribution in [3.8, 4) is 0 Å². The summed E-state index contributed by atoms with van der Waals surface area (Å²) in [6.07, 6.45) is 3.80. The number of carbonyl (C=O) groups excluding carboxylic acids is 1. The molecular weight excluding hydrogens is 277 g/mol. The highest BCUT2D eigenvalue weighted by atomic mass is 19.1. The minimum absolute atomic E-state index is 0.273. The highest BCUT2D eigenvalue weighted by molar-refractivity contribution is 5.68. The quantitative estimate of drug-likeness (QED) is 0.809. The molecule has 0 radical (unpaired) electrons. The van der Waals surface area contributed by atoms with Gasteiger partial charge in [0.25, 0.3) is 0 Å². The molecule has 0 aromatic rings. The molecule has 1 amide bonds. The Morgan fingerprint density at radius 1 is 1.33 bits per heavy atom. The second-order valence-corrected chi connectivity index (χ2v) is 6.45. The molecule has 0 aromatic carbocycles. The first-order valence-electron chi connectivity index (χ1n) is 7.68. The third-order valence-electron chi connectivity index (χ3n) is 3.34. The molecule has 2 aliphatic heterocycles. The summed E-state index contributed by atoms with van der Waals surface area (Å²) in [7, 11) is 0. The molecule has 2 rings (SSSR count). The van der Waals surface area contributed by atoms with Crippen LogP contribution in [0.5, 0.6) is 0 Å². The van der Waals surface area contributed by atoms with Gasteiger partial charge in [0.2, 0.25) is 0 Å². The van der Waals surface area contributed by atoms with Crippen molar-refractivity contribution >= 4 is 6.09 Å². The van der Waals surface area contributed by atoms with Crippen LogP contribution in [-0.4, -0.2) is 53.9 Å². The topological polar surface area (TPSA) is 59.0 Å².